The average molecular weight is 306 g/mol. The Bertz CT molecular complexity index is 480. The highest BCUT2D eigenvalue weighted by Crippen LogP contribution is 2.43. The fourth-order valence-corrected chi connectivity index (χ4v) is 1.74. The van der Waals surface area contributed by atoms with Gasteiger partial charge in [0.1, 0.15) is 11.5 Å². The van der Waals surface area contributed by atoms with E-state index in [1.165, 1.54) is 18.2 Å². The Kier molecular flexibility index (Phi) is 5.15. The van der Waals surface area contributed by atoms with Crippen LogP contribution in [0.4, 0.5) is 13.2 Å². The van der Waals surface area contributed by atoms with Crippen LogP contribution in [0, 0.1) is 0 Å². The summed E-state index contributed by atoms with van der Waals surface area (Å²) >= 11 is 0. The van der Waals surface area contributed by atoms with Crippen LogP contribution in [0.15, 0.2) is 18.2 Å². The fourth-order valence-electron chi connectivity index (χ4n) is 1.74. The van der Waals surface area contributed by atoms with E-state index in [0.29, 0.717) is 6.92 Å². The Morgan fingerprint density at radius 3 is 1.95 bits per heavy atom. The maximum Gasteiger partial charge on any atom is 0.421 e. The second-order valence-corrected chi connectivity index (χ2v) is 5.56. The number of hydrogen-bond donors (Lipinski definition) is 1. The van der Waals surface area contributed by atoms with Crippen LogP contribution in [-0.2, 0) is 5.60 Å². The van der Waals surface area contributed by atoms with E-state index >= 15 is 0 Å². The van der Waals surface area contributed by atoms with Crippen LogP contribution in [0.5, 0.6) is 11.5 Å². The Morgan fingerprint density at radius 2 is 1.52 bits per heavy atom. The lowest BCUT2D eigenvalue weighted by Gasteiger charge is -2.29. The normalized spacial score (nSPS) is 15.2. The van der Waals surface area contributed by atoms with Gasteiger partial charge in [-0.15, -0.1) is 0 Å². The first-order valence-corrected chi connectivity index (χ1v) is 6.72. The van der Waals surface area contributed by atoms with Gasteiger partial charge in [-0.1, -0.05) is 0 Å². The second kappa shape index (κ2) is 6.13. The largest absolute Gasteiger partial charge is 0.491 e. The molecule has 0 aromatic heterocycles. The van der Waals surface area contributed by atoms with E-state index in [4.69, 9.17) is 9.47 Å². The molecule has 1 atom stereocenters. The zero-order valence-corrected chi connectivity index (χ0v) is 12.8. The van der Waals surface area contributed by atoms with E-state index in [0.717, 1.165) is 0 Å². The predicted octanol–water partition coefficient (Wildman–Crippen LogP) is 4.03. The molecule has 0 saturated carbocycles. The first-order valence-electron chi connectivity index (χ1n) is 6.72. The van der Waals surface area contributed by atoms with Gasteiger partial charge in [0.05, 0.1) is 12.2 Å². The molecule has 1 N–H and O–H groups in total. The van der Waals surface area contributed by atoms with Crippen LogP contribution < -0.4 is 9.47 Å². The van der Waals surface area contributed by atoms with Crippen LogP contribution in [0.3, 0.4) is 0 Å². The van der Waals surface area contributed by atoms with Crippen molar-refractivity contribution >= 4 is 0 Å². The van der Waals surface area contributed by atoms with E-state index in [1.54, 1.807) is 27.7 Å². The van der Waals surface area contributed by atoms with E-state index in [-0.39, 0.29) is 29.3 Å². The van der Waals surface area contributed by atoms with Gasteiger partial charge in [-0.05, 0) is 52.8 Å². The number of aliphatic hydroxyl groups is 1. The molecule has 6 heteroatoms. The van der Waals surface area contributed by atoms with E-state index in [9.17, 15) is 18.3 Å². The Balaban J connectivity index is 3.35. The number of benzene rings is 1. The minimum absolute atomic E-state index is 0.0107. The van der Waals surface area contributed by atoms with Gasteiger partial charge in [-0.2, -0.15) is 13.2 Å². The third-order valence-corrected chi connectivity index (χ3v) is 2.76. The van der Waals surface area contributed by atoms with Crippen molar-refractivity contribution in [2.45, 2.75) is 58.6 Å². The van der Waals surface area contributed by atoms with Crippen LogP contribution in [0.25, 0.3) is 0 Å². The van der Waals surface area contributed by atoms with Gasteiger partial charge >= 0.3 is 6.18 Å². The van der Waals surface area contributed by atoms with E-state index < -0.39 is 11.8 Å². The lowest BCUT2D eigenvalue weighted by atomic mass is 9.94. The minimum Gasteiger partial charge on any atom is -0.491 e. The summed E-state index contributed by atoms with van der Waals surface area (Å²) in [6.07, 6.45) is -5.33. The van der Waals surface area contributed by atoms with Crippen LogP contribution in [0.1, 0.15) is 40.2 Å². The van der Waals surface area contributed by atoms with Crippen molar-refractivity contribution in [1.29, 1.82) is 0 Å². The molecule has 0 heterocycles. The monoisotopic (exact) mass is 306 g/mol. The summed E-state index contributed by atoms with van der Waals surface area (Å²) in [6, 6.07) is 4.08. The molecule has 0 fully saturated rings. The highest BCUT2D eigenvalue weighted by atomic mass is 19.4. The molecule has 3 nitrogen and oxygen atoms in total. The van der Waals surface area contributed by atoms with Crippen molar-refractivity contribution in [3.8, 4) is 11.5 Å². The summed E-state index contributed by atoms with van der Waals surface area (Å²) in [4.78, 5) is 0. The molecule has 120 valence electrons. The molecule has 0 aliphatic rings. The summed E-state index contributed by atoms with van der Waals surface area (Å²) in [7, 11) is 0. The molecule has 1 aromatic carbocycles. The first-order chi connectivity index (χ1) is 9.45. The SMILES string of the molecule is CC(C)Oc1ccc(OC(C)C)c(C(C)(O)C(F)(F)F)c1. The summed E-state index contributed by atoms with van der Waals surface area (Å²) < 4.78 is 50.0. The lowest BCUT2D eigenvalue weighted by molar-refractivity contribution is -0.259. The number of rotatable bonds is 5. The molecule has 0 amide bonds. The predicted molar refractivity (Wildman–Crippen MR) is 73.6 cm³/mol. The zero-order valence-electron chi connectivity index (χ0n) is 12.8. The van der Waals surface area contributed by atoms with Gasteiger partial charge in [0.25, 0.3) is 0 Å². The zero-order chi connectivity index (χ0) is 16.4. The van der Waals surface area contributed by atoms with Gasteiger partial charge in [-0.25, -0.2) is 0 Å². The van der Waals surface area contributed by atoms with Crippen molar-refractivity contribution in [1.82, 2.24) is 0 Å². The van der Waals surface area contributed by atoms with Gasteiger partial charge in [0.2, 0.25) is 0 Å². The van der Waals surface area contributed by atoms with Gasteiger partial charge < -0.3 is 14.6 Å². The molecule has 0 aliphatic carbocycles. The van der Waals surface area contributed by atoms with Crippen LogP contribution in [-0.4, -0.2) is 23.5 Å². The van der Waals surface area contributed by atoms with Crippen LogP contribution >= 0.6 is 0 Å². The lowest BCUT2D eigenvalue weighted by Crippen LogP contribution is -2.39. The molecule has 0 spiro atoms. The highest BCUT2D eigenvalue weighted by molar-refractivity contribution is 5.44. The van der Waals surface area contributed by atoms with Crippen molar-refractivity contribution in [2.75, 3.05) is 0 Å². The highest BCUT2D eigenvalue weighted by Gasteiger charge is 2.52. The van der Waals surface area contributed by atoms with E-state index in [1.807, 2.05) is 0 Å². The standard InChI is InChI=1S/C15H21F3O3/c1-9(2)20-11-6-7-13(21-10(3)4)12(8-11)14(5,19)15(16,17)18/h6-10,19H,1-5H3. The Labute approximate surface area is 122 Å². The molecular weight excluding hydrogens is 285 g/mol. The van der Waals surface area contributed by atoms with Crippen molar-refractivity contribution < 1.29 is 27.8 Å². The molecule has 1 rings (SSSR count). The Morgan fingerprint density at radius 1 is 1.00 bits per heavy atom. The summed E-state index contributed by atoms with van der Waals surface area (Å²) in [5.74, 6) is 0.240. The molecule has 0 bridgehead atoms. The minimum atomic E-state index is -4.82. The molecule has 1 aromatic rings. The maximum absolute atomic E-state index is 13.1. The third kappa shape index (κ3) is 4.27. The molecule has 0 saturated heterocycles. The van der Waals surface area contributed by atoms with Crippen molar-refractivity contribution in [3.05, 3.63) is 23.8 Å². The van der Waals surface area contributed by atoms with Crippen molar-refractivity contribution in [2.24, 2.45) is 0 Å². The summed E-state index contributed by atoms with van der Waals surface area (Å²) in [6.45, 7) is 7.63. The molecular formula is C15H21F3O3. The number of ether oxygens (including phenoxy) is 2. The molecule has 0 aliphatic heterocycles. The smallest absolute Gasteiger partial charge is 0.421 e. The van der Waals surface area contributed by atoms with Gasteiger partial charge in [0.15, 0.2) is 5.60 Å². The molecule has 0 radical (unpaired) electrons. The van der Waals surface area contributed by atoms with Gasteiger partial charge in [-0.3, -0.25) is 0 Å². The maximum atomic E-state index is 13.1. The van der Waals surface area contributed by atoms with Crippen LogP contribution in [0.2, 0.25) is 0 Å². The topological polar surface area (TPSA) is 38.7 Å². The van der Waals surface area contributed by atoms with E-state index in [2.05, 4.69) is 0 Å². The number of alkyl halides is 3. The first kappa shape index (κ1) is 17.6. The number of hydrogen-bond acceptors (Lipinski definition) is 3. The summed E-state index contributed by atoms with van der Waals surface area (Å²) in [5, 5.41) is 9.91. The fraction of sp³-hybridized carbons (Fsp3) is 0.600. The molecule has 21 heavy (non-hydrogen) atoms. The Hall–Kier alpha value is -1.43. The summed E-state index contributed by atoms with van der Waals surface area (Å²) in [5.41, 5.74) is -3.38. The number of halogens is 3. The quantitative estimate of drug-likeness (QED) is 0.892. The second-order valence-electron chi connectivity index (χ2n) is 5.56. The molecule has 1 unspecified atom stereocenters. The third-order valence-electron chi connectivity index (χ3n) is 2.76. The van der Waals surface area contributed by atoms with Crippen molar-refractivity contribution in [3.63, 3.8) is 0 Å². The van der Waals surface area contributed by atoms with Gasteiger partial charge in [0, 0.05) is 5.56 Å². The average Bonchev–Trinajstić information content (AvgIpc) is 2.28.